The minimum atomic E-state index is -0.112. The van der Waals surface area contributed by atoms with Gasteiger partial charge in [-0.1, -0.05) is 6.58 Å². The van der Waals surface area contributed by atoms with E-state index >= 15 is 0 Å². The van der Waals surface area contributed by atoms with Gasteiger partial charge < -0.3 is 14.4 Å². The Morgan fingerprint density at radius 3 is 2.40 bits per heavy atom. The van der Waals surface area contributed by atoms with Crippen LogP contribution in [0, 0.1) is 0 Å². The quantitative estimate of drug-likeness (QED) is 0.421. The van der Waals surface area contributed by atoms with Gasteiger partial charge in [0.1, 0.15) is 0 Å². The highest BCUT2D eigenvalue weighted by atomic mass is 16.7. The Labute approximate surface area is 61.2 Å². The van der Waals surface area contributed by atoms with Crippen LogP contribution in [0.25, 0.3) is 0 Å². The molecule has 0 spiro atoms. The third-order valence-corrected chi connectivity index (χ3v) is 1.61. The molecule has 0 aliphatic carbocycles. The van der Waals surface area contributed by atoms with E-state index in [0.29, 0.717) is 0 Å². The first-order valence-electron chi connectivity index (χ1n) is 3.26. The van der Waals surface area contributed by atoms with Crippen LogP contribution < -0.4 is 0 Å². The molecule has 0 amide bonds. The Bertz CT molecular complexity index is 132. The number of hydrogen-bond acceptors (Lipinski definition) is 3. The smallest absolute Gasteiger partial charge is 0.174 e. The van der Waals surface area contributed by atoms with Gasteiger partial charge in [0.25, 0.3) is 0 Å². The van der Waals surface area contributed by atoms with Crippen molar-refractivity contribution >= 4 is 0 Å². The zero-order valence-electron chi connectivity index (χ0n) is 6.46. The molecule has 0 bridgehead atoms. The molecule has 0 aromatic carbocycles. The second-order valence-corrected chi connectivity index (χ2v) is 2.35. The van der Waals surface area contributed by atoms with Gasteiger partial charge in [-0.3, -0.25) is 0 Å². The van der Waals surface area contributed by atoms with Gasteiger partial charge in [-0.15, -0.1) is 0 Å². The van der Waals surface area contributed by atoms with Gasteiger partial charge >= 0.3 is 0 Å². The number of hydrogen-bond donors (Lipinski definition) is 0. The maximum atomic E-state index is 4.99. The lowest BCUT2D eigenvalue weighted by molar-refractivity contribution is -0.105. The fraction of sp³-hybridized carbons (Fsp3) is 0.714. The molecule has 0 N–H and O–H groups in total. The van der Waals surface area contributed by atoms with Crippen molar-refractivity contribution in [2.45, 2.75) is 6.29 Å². The lowest BCUT2D eigenvalue weighted by atomic mass is 10.6. The van der Waals surface area contributed by atoms with Crippen LogP contribution in [0.3, 0.4) is 0 Å². The van der Waals surface area contributed by atoms with Gasteiger partial charge in [-0.05, 0) is 0 Å². The van der Waals surface area contributed by atoms with E-state index < -0.39 is 0 Å². The molecule has 1 aliphatic heterocycles. The zero-order chi connectivity index (χ0) is 7.56. The number of nitrogens with zero attached hydrogens (tertiary/aromatic N) is 1. The standard InChI is InChI=1S/C7H13NO2/c1-6-4-8(6)5-7(9-2)10-3/h7H,1,4-5H2,2-3H3. The second kappa shape index (κ2) is 3.03. The highest BCUT2D eigenvalue weighted by Crippen LogP contribution is 2.19. The Balaban J connectivity index is 2.16. The molecular formula is C7H13NO2. The van der Waals surface area contributed by atoms with E-state index in [2.05, 4.69) is 11.5 Å². The third kappa shape index (κ3) is 1.72. The molecule has 3 heteroatoms. The first kappa shape index (κ1) is 7.57. The molecule has 58 valence electrons. The molecule has 10 heavy (non-hydrogen) atoms. The van der Waals surface area contributed by atoms with Gasteiger partial charge in [-0.25, -0.2) is 0 Å². The molecule has 3 nitrogen and oxygen atoms in total. The van der Waals surface area contributed by atoms with Gasteiger partial charge in [0.15, 0.2) is 6.29 Å². The molecular weight excluding hydrogens is 130 g/mol. The van der Waals surface area contributed by atoms with E-state index in [1.807, 2.05) is 0 Å². The molecule has 1 saturated heterocycles. The highest BCUT2D eigenvalue weighted by Gasteiger charge is 2.25. The lowest BCUT2D eigenvalue weighted by Crippen LogP contribution is -2.22. The third-order valence-electron chi connectivity index (χ3n) is 1.61. The van der Waals surface area contributed by atoms with Crippen LogP contribution in [-0.2, 0) is 9.47 Å². The summed E-state index contributed by atoms with van der Waals surface area (Å²) in [5, 5.41) is 0. The molecule has 0 aromatic heterocycles. The maximum Gasteiger partial charge on any atom is 0.174 e. The summed E-state index contributed by atoms with van der Waals surface area (Å²) in [5.41, 5.74) is 1.17. The van der Waals surface area contributed by atoms with Crippen LogP contribution in [0.1, 0.15) is 0 Å². The first-order valence-corrected chi connectivity index (χ1v) is 3.26. The summed E-state index contributed by atoms with van der Waals surface area (Å²) in [5.74, 6) is 0. The van der Waals surface area contributed by atoms with E-state index in [0.717, 1.165) is 13.1 Å². The SMILES string of the molecule is C=C1CN1CC(OC)OC. The molecule has 0 aromatic rings. The van der Waals surface area contributed by atoms with Crippen LogP contribution in [0.4, 0.5) is 0 Å². The van der Waals surface area contributed by atoms with Crippen molar-refractivity contribution in [3.8, 4) is 0 Å². The molecule has 1 rings (SSSR count). The Morgan fingerprint density at radius 1 is 1.60 bits per heavy atom. The summed E-state index contributed by atoms with van der Waals surface area (Å²) in [6.07, 6.45) is -0.112. The average Bonchev–Trinajstić information content (AvgIpc) is 2.62. The van der Waals surface area contributed by atoms with Crippen molar-refractivity contribution in [1.82, 2.24) is 4.90 Å². The van der Waals surface area contributed by atoms with E-state index in [-0.39, 0.29) is 6.29 Å². The van der Waals surface area contributed by atoms with E-state index in [4.69, 9.17) is 9.47 Å². The van der Waals surface area contributed by atoms with Crippen molar-refractivity contribution < 1.29 is 9.47 Å². The summed E-state index contributed by atoms with van der Waals surface area (Å²) in [6, 6.07) is 0. The van der Waals surface area contributed by atoms with E-state index in [9.17, 15) is 0 Å². The molecule has 0 radical (unpaired) electrons. The maximum absolute atomic E-state index is 4.99. The Hall–Kier alpha value is -0.540. The van der Waals surface area contributed by atoms with Gasteiger partial charge in [-0.2, -0.15) is 0 Å². The summed E-state index contributed by atoms with van der Waals surface area (Å²) in [4.78, 5) is 2.11. The topological polar surface area (TPSA) is 21.5 Å². The van der Waals surface area contributed by atoms with Crippen molar-refractivity contribution in [3.63, 3.8) is 0 Å². The van der Waals surface area contributed by atoms with Crippen LogP contribution in [0.2, 0.25) is 0 Å². The van der Waals surface area contributed by atoms with Crippen molar-refractivity contribution in [2.24, 2.45) is 0 Å². The lowest BCUT2D eigenvalue weighted by Gasteiger charge is -2.13. The van der Waals surface area contributed by atoms with Crippen LogP contribution >= 0.6 is 0 Å². The zero-order valence-corrected chi connectivity index (χ0v) is 6.46. The normalized spacial score (nSPS) is 16.7. The first-order chi connectivity index (χ1) is 4.77. The summed E-state index contributed by atoms with van der Waals surface area (Å²) >= 11 is 0. The Morgan fingerprint density at radius 2 is 2.10 bits per heavy atom. The second-order valence-electron chi connectivity index (χ2n) is 2.35. The summed E-state index contributed by atoms with van der Waals surface area (Å²) in [6.45, 7) is 5.57. The number of ether oxygens (including phenoxy) is 2. The van der Waals surface area contributed by atoms with E-state index in [1.54, 1.807) is 14.2 Å². The van der Waals surface area contributed by atoms with Crippen LogP contribution in [0.15, 0.2) is 12.3 Å². The fourth-order valence-corrected chi connectivity index (χ4v) is 0.804. The molecule has 1 aliphatic rings. The number of rotatable bonds is 4. The minimum absolute atomic E-state index is 0.112. The molecule has 1 heterocycles. The fourth-order valence-electron chi connectivity index (χ4n) is 0.804. The van der Waals surface area contributed by atoms with Crippen molar-refractivity contribution in [1.29, 1.82) is 0 Å². The Kier molecular flexibility index (Phi) is 2.29. The number of methoxy groups -OCH3 is 2. The molecule has 0 saturated carbocycles. The highest BCUT2D eigenvalue weighted by molar-refractivity contribution is 5.12. The van der Waals surface area contributed by atoms with Gasteiger partial charge in [0.2, 0.25) is 0 Å². The van der Waals surface area contributed by atoms with E-state index in [1.165, 1.54) is 5.70 Å². The van der Waals surface area contributed by atoms with Crippen molar-refractivity contribution in [3.05, 3.63) is 12.3 Å². The molecule has 0 unspecified atom stereocenters. The predicted octanol–water partition coefficient (Wildman–Crippen LogP) is 0.435. The minimum Gasteiger partial charge on any atom is -0.363 e. The molecule has 0 atom stereocenters. The summed E-state index contributed by atoms with van der Waals surface area (Å²) in [7, 11) is 3.28. The van der Waals surface area contributed by atoms with Crippen LogP contribution in [0.5, 0.6) is 0 Å². The summed E-state index contributed by atoms with van der Waals surface area (Å²) < 4.78 is 9.99. The largest absolute Gasteiger partial charge is 0.363 e. The average molecular weight is 143 g/mol. The van der Waals surface area contributed by atoms with Gasteiger partial charge in [0.05, 0.1) is 13.1 Å². The van der Waals surface area contributed by atoms with Crippen molar-refractivity contribution in [2.75, 3.05) is 27.3 Å². The predicted molar refractivity (Wildman–Crippen MR) is 38.5 cm³/mol. The van der Waals surface area contributed by atoms with Crippen LogP contribution in [-0.4, -0.2) is 38.5 Å². The monoisotopic (exact) mass is 143 g/mol. The molecule has 1 fully saturated rings. The van der Waals surface area contributed by atoms with Gasteiger partial charge in [0, 0.05) is 19.9 Å².